The topological polar surface area (TPSA) is 83.6 Å². The summed E-state index contributed by atoms with van der Waals surface area (Å²) < 4.78 is 2.68. The van der Waals surface area contributed by atoms with E-state index in [9.17, 15) is 0 Å². The standard InChI is InChI=1S/C18H17BrN8/c19-15-11-27-14(8-24-17(27)9-23-15)18-22-4-2-16(25-18)26-6-5-21-13(10-26)12-1-3-20-7-12/h1-2,4,7-9,11,13,21H,3,5-6,10H2. The molecule has 5 rings (SSSR count). The number of hydrogen-bond donors (Lipinski definition) is 1. The van der Waals surface area contributed by atoms with Crippen molar-refractivity contribution < 1.29 is 0 Å². The summed E-state index contributed by atoms with van der Waals surface area (Å²) in [6, 6.07) is 2.24. The Morgan fingerprint density at radius 2 is 2.15 bits per heavy atom. The largest absolute Gasteiger partial charge is 0.353 e. The lowest BCUT2D eigenvalue weighted by Gasteiger charge is -2.34. The van der Waals surface area contributed by atoms with Crippen LogP contribution in [-0.4, -0.2) is 62.8 Å². The Morgan fingerprint density at radius 1 is 1.19 bits per heavy atom. The molecule has 0 bridgehead atoms. The lowest BCUT2D eigenvalue weighted by atomic mass is 10.1. The summed E-state index contributed by atoms with van der Waals surface area (Å²) in [5.74, 6) is 1.57. The third-order valence-electron chi connectivity index (χ3n) is 4.81. The van der Waals surface area contributed by atoms with Crippen LogP contribution >= 0.6 is 15.9 Å². The van der Waals surface area contributed by atoms with Crippen LogP contribution in [0.25, 0.3) is 17.2 Å². The van der Waals surface area contributed by atoms with E-state index in [2.05, 4.69) is 52.2 Å². The number of imidazole rings is 1. The second kappa shape index (κ2) is 6.82. The molecule has 0 saturated carbocycles. The zero-order valence-corrected chi connectivity index (χ0v) is 16.0. The molecule has 5 heterocycles. The first-order valence-electron chi connectivity index (χ1n) is 8.78. The highest BCUT2D eigenvalue weighted by atomic mass is 79.9. The smallest absolute Gasteiger partial charge is 0.180 e. The maximum atomic E-state index is 4.82. The van der Waals surface area contributed by atoms with E-state index in [1.54, 1.807) is 18.6 Å². The Hall–Kier alpha value is -2.65. The van der Waals surface area contributed by atoms with Crippen molar-refractivity contribution in [1.82, 2.24) is 29.7 Å². The fourth-order valence-corrected chi connectivity index (χ4v) is 3.77. The van der Waals surface area contributed by atoms with Gasteiger partial charge in [0.25, 0.3) is 0 Å². The first-order valence-corrected chi connectivity index (χ1v) is 9.57. The molecule has 1 fully saturated rings. The molecule has 0 amide bonds. The molecule has 0 aliphatic carbocycles. The molecule has 27 heavy (non-hydrogen) atoms. The van der Waals surface area contributed by atoms with Gasteiger partial charge in [-0.25, -0.2) is 19.9 Å². The van der Waals surface area contributed by atoms with E-state index in [0.29, 0.717) is 5.82 Å². The molecular formula is C18H17BrN8. The molecule has 1 saturated heterocycles. The monoisotopic (exact) mass is 424 g/mol. The van der Waals surface area contributed by atoms with Crippen molar-refractivity contribution in [3.63, 3.8) is 0 Å². The third-order valence-corrected chi connectivity index (χ3v) is 5.22. The zero-order valence-electron chi connectivity index (χ0n) is 14.5. The Morgan fingerprint density at radius 3 is 3.04 bits per heavy atom. The van der Waals surface area contributed by atoms with Crippen LogP contribution in [0.15, 0.2) is 52.1 Å². The fourth-order valence-electron chi connectivity index (χ4n) is 3.46. The van der Waals surface area contributed by atoms with Gasteiger partial charge in [-0.15, -0.1) is 0 Å². The Kier molecular flexibility index (Phi) is 4.17. The number of nitrogens with zero attached hydrogens (tertiary/aromatic N) is 7. The normalized spacial score (nSPS) is 19.7. The first kappa shape index (κ1) is 16.5. The first-order chi connectivity index (χ1) is 13.3. The summed E-state index contributed by atoms with van der Waals surface area (Å²) in [5, 5.41) is 3.56. The third kappa shape index (κ3) is 3.13. The molecule has 0 spiro atoms. The van der Waals surface area contributed by atoms with E-state index < -0.39 is 0 Å². The molecule has 0 radical (unpaired) electrons. The van der Waals surface area contributed by atoms with E-state index in [4.69, 9.17) is 4.98 Å². The van der Waals surface area contributed by atoms with Crippen LogP contribution < -0.4 is 10.2 Å². The van der Waals surface area contributed by atoms with Gasteiger partial charge < -0.3 is 10.2 Å². The molecule has 8 nitrogen and oxygen atoms in total. The molecule has 2 aliphatic rings. The fraction of sp³-hybridized carbons (Fsp3) is 0.278. The summed E-state index contributed by atoms with van der Waals surface area (Å²) in [7, 11) is 0. The number of rotatable bonds is 3. The van der Waals surface area contributed by atoms with E-state index >= 15 is 0 Å². The highest BCUT2D eigenvalue weighted by Gasteiger charge is 2.24. The number of anilines is 1. The average molecular weight is 425 g/mol. The van der Waals surface area contributed by atoms with Crippen LogP contribution in [0.5, 0.6) is 0 Å². The van der Waals surface area contributed by atoms with Gasteiger partial charge in [-0.2, -0.15) is 0 Å². The van der Waals surface area contributed by atoms with Gasteiger partial charge in [-0.3, -0.25) is 9.39 Å². The summed E-state index contributed by atoms with van der Waals surface area (Å²) in [5.41, 5.74) is 2.86. The second-order valence-corrected chi connectivity index (χ2v) is 7.28. The minimum absolute atomic E-state index is 0.279. The maximum absolute atomic E-state index is 4.82. The van der Waals surface area contributed by atoms with Crippen LogP contribution in [0.4, 0.5) is 5.82 Å². The number of halogens is 1. The minimum Gasteiger partial charge on any atom is -0.353 e. The van der Waals surface area contributed by atoms with Gasteiger partial charge in [0.1, 0.15) is 16.1 Å². The molecule has 1 atom stereocenters. The van der Waals surface area contributed by atoms with Gasteiger partial charge in [0.2, 0.25) is 0 Å². The Bertz CT molecular complexity index is 1060. The SMILES string of the molecule is Brc1cn2c(-c3nccc(N4CCNC(C5=CCN=C5)C4)n3)cnc2cn1. The van der Waals surface area contributed by atoms with E-state index in [0.717, 1.165) is 47.9 Å². The highest BCUT2D eigenvalue weighted by molar-refractivity contribution is 9.10. The Balaban J connectivity index is 1.46. The number of nitrogens with one attached hydrogen (secondary N) is 1. The predicted octanol–water partition coefficient (Wildman–Crippen LogP) is 1.74. The van der Waals surface area contributed by atoms with Gasteiger partial charge in [-0.1, -0.05) is 6.08 Å². The number of aromatic nitrogens is 5. The maximum Gasteiger partial charge on any atom is 0.180 e. The molecule has 136 valence electrons. The van der Waals surface area contributed by atoms with E-state index in [-0.39, 0.29) is 6.04 Å². The average Bonchev–Trinajstić information content (AvgIpc) is 3.38. The molecular weight excluding hydrogens is 408 g/mol. The van der Waals surface area contributed by atoms with Gasteiger partial charge in [0, 0.05) is 38.2 Å². The van der Waals surface area contributed by atoms with Gasteiger partial charge >= 0.3 is 0 Å². The molecule has 3 aromatic rings. The van der Waals surface area contributed by atoms with E-state index in [1.165, 1.54) is 5.57 Å². The summed E-state index contributed by atoms with van der Waals surface area (Å²) in [6.07, 6.45) is 11.3. The van der Waals surface area contributed by atoms with Crippen molar-refractivity contribution in [3.8, 4) is 11.5 Å². The van der Waals surface area contributed by atoms with Crippen LogP contribution in [0.1, 0.15) is 0 Å². The van der Waals surface area contributed by atoms with E-state index in [1.807, 2.05) is 22.9 Å². The molecule has 1 unspecified atom stereocenters. The van der Waals surface area contributed by atoms with Crippen molar-refractivity contribution in [3.05, 3.63) is 47.1 Å². The van der Waals surface area contributed by atoms with Crippen LogP contribution in [-0.2, 0) is 0 Å². The predicted molar refractivity (Wildman–Crippen MR) is 107 cm³/mol. The summed E-state index contributed by atoms with van der Waals surface area (Å²) in [4.78, 5) is 24.5. The molecule has 3 aromatic heterocycles. The van der Waals surface area contributed by atoms with Gasteiger partial charge in [-0.05, 0) is 27.6 Å². The van der Waals surface area contributed by atoms with Crippen LogP contribution in [0.3, 0.4) is 0 Å². The lowest BCUT2D eigenvalue weighted by Crippen LogP contribution is -2.52. The highest BCUT2D eigenvalue weighted by Crippen LogP contribution is 2.22. The molecule has 9 heteroatoms. The molecule has 2 aliphatic heterocycles. The quantitative estimate of drug-likeness (QED) is 0.689. The van der Waals surface area contributed by atoms with Gasteiger partial charge in [0.15, 0.2) is 11.5 Å². The van der Waals surface area contributed by atoms with Crippen LogP contribution in [0, 0.1) is 0 Å². The number of fused-ring (bicyclic) bond motifs is 1. The summed E-state index contributed by atoms with van der Waals surface area (Å²) >= 11 is 3.41. The number of hydrogen-bond acceptors (Lipinski definition) is 7. The van der Waals surface area contributed by atoms with Crippen LogP contribution in [0.2, 0.25) is 0 Å². The van der Waals surface area contributed by atoms with Crippen molar-refractivity contribution in [2.24, 2.45) is 4.99 Å². The van der Waals surface area contributed by atoms with Gasteiger partial charge in [0.05, 0.1) is 25.0 Å². The minimum atomic E-state index is 0.279. The number of piperazine rings is 1. The van der Waals surface area contributed by atoms with Crippen molar-refractivity contribution in [1.29, 1.82) is 0 Å². The zero-order chi connectivity index (χ0) is 18.2. The Labute approximate surface area is 164 Å². The second-order valence-electron chi connectivity index (χ2n) is 6.47. The lowest BCUT2D eigenvalue weighted by molar-refractivity contribution is 0.508. The van der Waals surface area contributed by atoms with Crippen molar-refractivity contribution in [2.75, 3.05) is 31.1 Å². The summed E-state index contributed by atoms with van der Waals surface area (Å²) in [6.45, 7) is 3.45. The molecule has 1 N–H and O–H groups in total. The number of aliphatic imine (C=N–C) groups is 1. The van der Waals surface area contributed by atoms with Crippen molar-refractivity contribution >= 4 is 33.6 Å². The molecule has 0 aromatic carbocycles. The van der Waals surface area contributed by atoms with Crippen molar-refractivity contribution in [2.45, 2.75) is 6.04 Å².